The number of carbonyl (C=O) groups excluding carboxylic acids is 2. The summed E-state index contributed by atoms with van der Waals surface area (Å²) in [6.45, 7) is 8.32. The van der Waals surface area contributed by atoms with Crippen LogP contribution in [-0.2, 0) is 9.59 Å². The van der Waals surface area contributed by atoms with Crippen molar-refractivity contribution >= 4 is 57.7 Å². The monoisotopic (exact) mass is 708 g/mol. The number of amides is 1. The van der Waals surface area contributed by atoms with Gasteiger partial charge in [-0.25, -0.2) is 0 Å². The van der Waals surface area contributed by atoms with E-state index in [1.54, 1.807) is 19.0 Å². The topological polar surface area (TPSA) is 55.9 Å². The number of aryl methyl sites for hydroxylation is 4. The summed E-state index contributed by atoms with van der Waals surface area (Å²) < 4.78 is 0. The van der Waals surface area contributed by atoms with Gasteiger partial charge < -0.3 is 20.0 Å². The van der Waals surface area contributed by atoms with Gasteiger partial charge >= 0.3 is 0 Å². The molecule has 0 fully saturated rings. The van der Waals surface area contributed by atoms with Gasteiger partial charge in [-0.05, 0) is 112 Å². The highest BCUT2D eigenvalue weighted by Gasteiger charge is 2.36. The van der Waals surface area contributed by atoms with Crippen molar-refractivity contribution in [1.82, 2.24) is 10.2 Å². The molecule has 7 rings (SSSR count). The third kappa shape index (κ3) is 6.94. The van der Waals surface area contributed by atoms with Gasteiger partial charge in [0.2, 0.25) is 0 Å². The lowest BCUT2D eigenvalue weighted by molar-refractivity contribution is -0.122. The highest BCUT2D eigenvalue weighted by Crippen LogP contribution is 2.41. The molecule has 0 atom stereocenters. The van der Waals surface area contributed by atoms with Crippen molar-refractivity contribution in [2.45, 2.75) is 27.7 Å². The summed E-state index contributed by atoms with van der Waals surface area (Å²) in [6, 6.07) is 49.9. The first-order chi connectivity index (χ1) is 26.2. The van der Waals surface area contributed by atoms with Crippen molar-refractivity contribution < 1.29 is 9.59 Å². The van der Waals surface area contributed by atoms with E-state index in [1.165, 1.54) is 22.3 Å². The van der Waals surface area contributed by atoms with Gasteiger partial charge in [-0.15, -0.1) is 0 Å². The molecule has 0 radical (unpaired) electrons. The minimum absolute atomic E-state index is 0.244. The Morgan fingerprint density at radius 3 is 1.15 bits per heavy atom. The van der Waals surface area contributed by atoms with E-state index in [-0.39, 0.29) is 5.91 Å². The Bertz CT molecular complexity index is 2270. The van der Waals surface area contributed by atoms with Gasteiger partial charge in [0, 0.05) is 48.2 Å². The normalized spacial score (nSPS) is 13.6. The molecule has 0 bridgehead atoms. The van der Waals surface area contributed by atoms with Crippen molar-refractivity contribution in [3.63, 3.8) is 0 Å². The molecule has 0 aromatic heterocycles. The molecule has 6 heteroatoms. The lowest BCUT2D eigenvalue weighted by Crippen LogP contribution is -2.22. The summed E-state index contributed by atoms with van der Waals surface area (Å²) in [5.74, 6) is -0.244. The van der Waals surface area contributed by atoms with Gasteiger partial charge in [-0.3, -0.25) is 9.59 Å². The van der Waals surface area contributed by atoms with E-state index >= 15 is 0 Å². The third-order valence-corrected chi connectivity index (χ3v) is 9.98. The van der Waals surface area contributed by atoms with Crippen LogP contribution in [0.2, 0.25) is 0 Å². The zero-order valence-electron chi connectivity index (χ0n) is 31.6. The fourth-order valence-corrected chi connectivity index (χ4v) is 7.02. The van der Waals surface area contributed by atoms with Crippen molar-refractivity contribution in [2.24, 2.45) is 0 Å². The molecular formula is C48H44N4O2. The summed E-state index contributed by atoms with van der Waals surface area (Å²) >= 11 is 0. The molecular weight excluding hydrogens is 665 g/mol. The van der Waals surface area contributed by atoms with E-state index in [9.17, 15) is 9.59 Å². The second-order valence-corrected chi connectivity index (χ2v) is 13.9. The predicted molar refractivity (Wildman–Crippen MR) is 223 cm³/mol. The molecule has 0 saturated heterocycles. The van der Waals surface area contributed by atoms with Crippen molar-refractivity contribution in [2.75, 3.05) is 23.9 Å². The highest BCUT2D eigenvalue weighted by molar-refractivity contribution is 6.21. The van der Waals surface area contributed by atoms with Crippen LogP contribution >= 0.6 is 0 Å². The maximum absolute atomic E-state index is 14.0. The lowest BCUT2D eigenvalue weighted by Gasteiger charge is -2.26. The average Bonchev–Trinajstić information content (AvgIpc) is 3.44. The average molecular weight is 709 g/mol. The maximum atomic E-state index is 14.0. The van der Waals surface area contributed by atoms with Crippen LogP contribution in [0.4, 0.5) is 34.1 Å². The zero-order chi connectivity index (χ0) is 37.9. The number of rotatable bonds is 10. The summed E-state index contributed by atoms with van der Waals surface area (Å²) in [7, 11) is 3.51. The van der Waals surface area contributed by atoms with Gasteiger partial charge in [0.05, 0.1) is 22.5 Å². The van der Waals surface area contributed by atoms with Crippen LogP contribution in [0.3, 0.4) is 0 Å². The van der Waals surface area contributed by atoms with Crippen LogP contribution < -0.4 is 15.1 Å². The van der Waals surface area contributed by atoms with E-state index in [2.05, 4.69) is 140 Å². The SMILES string of the molecule is CN/C(=C1/C(=O)N(C)C(c2ccc(N(c3ccc(C)cc3)c3ccc(C)cc3)cc2)=C1C=O)c1ccc(N(c2ccc(C)cc2)c2ccc(C)cc2)cc1. The summed E-state index contributed by atoms with van der Waals surface area (Å²) in [6.07, 6.45) is 0.799. The molecule has 6 aromatic carbocycles. The van der Waals surface area contributed by atoms with E-state index in [4.69, 9.17) is 0 Å². The van der Waals surface area contributed by atoms with Gasteiger partial charge in [-0.2, -0.15) is 0 Å². The first kappa shape index (κ1) is 35.7. The van der Waals surface area contributed by atoms with Crippen molar-refractivity contribution in [3.05, 3.63) is 190 Å². The Morgan fingerprint density at radius 1 is 0.519 bits per heavy atom. The molecule has 1 aliphatic rings. The van der Waals surface area contributed by atoms with Crippen molar-refractivity contribution in [3.8, 4) is 0 Å². The number of likely N-dealkylation sites (N-methyl/N-ethyl adjacent to an activating group) is 1. The number of nitrogens with one attached hydrogen (secondary N) is 1. The smallest absolute Gasteiger partial charge is 0.260 e. The quantitative estimate of drug-likeness (QED) is 0.113. The summed E-state index contributed by atoms with van der Waals surface area (Å²) in [5, 5.41) is 3.26. The van der Waals surface area contributed by atoms with Crippen molar-refractivity contribution in [1.29, 1.82) is 0 Å². The third-order valence-electron chi connectivity index (χ3n) is 9.98. The first-order valence-corrected chi connectivity index (χ1v) is 18.1. The molecule has 0 unspecified atom stereocenters. The van der Waals surface area contributed by atoms with Crippen LogP contribution in [-0.4, -0.2) is 31.2 Å². The van der Waals surface area contributed by atoms with Crippen LogP contribution in [0.25, 0.3) is 11.4 Å². The standard InChI is InChI=1S/C48H44N4O2/c1-32-7-19-38(20-8-32)51(39-21-9-33(2)10-22-39)42-27-15-36(16-28-42)46(49-5)45-44(31-53)47(50(6)48(45)54)37-17-29-43(30-18-37)52(40-23-11-34(3)12-24-40)41-25-13-35(4)14-26-41/h7-31,49H,1-6H3/b46-45+. The molecule has 1 N–H and O–H groups in total. The van der Waals surface area contributed by atoms with Crippen LogP contribution in [0, 0.1) is 27.7 Å². The Morgan fingerprint density at radius 2 is 0.833 bits per heavy atom. The van der Waals surface area contributed by atoms with Gasteiger partial charge in [0.25, 0.3) is 5.91 Å². The second-order valence-electron chi connectivity index (χ2n) is 13.9. The summed E-state index contributed by atoms with van der Waals surface area (Å²) in [4.78, 5) is 33.0. The van der Waals surface area contributed by atoms with Crippen LogP contribution in [0.5, 0.6) is 0 Å². The molecule has 0 spiro atoms. The first-order valence-electron chi connectivity index (χ1n) is 18.1. The molecule has 268 valence electrons. The minimum atomic E-state index is -0.244. The number of hydrogen-bond acceptors (Lipinski definition) is 5. The predicted octanol–water partition coefficient (Wildman–Crippen LogP) is 10.9. The van der Waals surface area contributed by atoms with Gasteiger partial charge in [-0.1, -0.05) is 95.1 Å². The lowest BCUT2D eigenvalue weighted by atomic mass is 9.98. The molecule has 1 aliphatic heterocycles. The Balaban J connectivity index is 1.26. The molecule has 6 aromatic rings. The summed E-state index contributed by atoms with van der Waals surface area (Å²) in [5.41, 5.74) is 14.3. The number of nitrogens with zero attached hydrogens (tertiary/aromatic N) is 3. The fourth-order valence-electron chi connectivity index (χ4n) is 7.02. The number of hydrogen-bond donors (Lipinski definition) is 1. The van der Waals surface area contributed by atoms with E-state index in [1.807, 2.05) is 48.5 Å². The van der Waals surface area contributed by atoms with E-state index in [0.717, 1.165) is 51.5 Å². The molecule has 1 heterocycles. The maximum Gasteiger partial charge on any atom is 0.260 e. The Hall–Kier alpha value is -6.66. The van der Waals surface area contributed by atoms with Crippen LogP contribution in [0.1, 0.15) is 33.4 Å². The number of benzene rings is 6. The van der Waals surface area contributed by atoms with Crippen LogP contribution in [0.15, 0.2) is 157 Å². The Labute approximate surface area is 318 Å². The number of anilines is 6. The van der Waals surface area contributed by atoms with Gasteiger partial charge in [0.15, 0.2) is 6.29 Å². The number of carbonyl (C=O) groups is 2. The fraction of sp³-hybridized carbons (Fsp3) is 0.125. The van der Waals surface area contributed by atoms with E-state index in [0.29, 0.717) is 22.5 Å². The minimum Gasteiger partial charge on any atom is -0.387 e. The Kier molecular flexibility index (Phi) is 10.0. The highest BCUT2D eigenvalue weighted by atomic mass is 16.2. The molecule has 0 saturated carbocycles. The van der Waals surface area contributed by atoms with Gasteiger partial charge in [0.1, 0.15) is 0 Å². The number of aldehydes is 1. The van der Waals surface area contributed by atoms with E-state index < -0.39 is 0 Å². The molecule has 0 aliphatic carbocycles. The molecule has 54 heavy (non-hydrogen) atoms. The molecule has 6 nitrogen and oxygen atoms in total. The largest absolute Gasteiger partial charge is 0.387 e. The zero-order valence-corrected chi connectivity index (χ0v) is 31.6. The second kappa shape index (κ2) is 15.1. The molecule has 1 amide bonds.